The third kappa shape index (κ3) is 2.53. The minimum atomic E-state index is 0.786. The normalized spacial score (nSPS) is 26.6. The van der Waals surface area contributed by atoms with E-state index in [0.29, 0.717) is 0 Å². The quantitative estimate of drug-likeness (QED) is 0.829. The molecule has 1 aromatic carbocycles. The van der Waals surface area contributed by atoms with Gasteiger partial charge in [0.2, 0.25) is 0 Å². The zero-order valence-electron chi connectivity index (χ0n) is 10.6. The first kappa shape index (κ1) is 11.2. The third-order valence-corrected chi connectivity index (χ3v) is 4.17. The van der Waals surface area contributed by atoms with E-state index < -0.39 is 0 Å². The lowest BCUT2D eigenvalue weighted by Gasteiger charge is -2.18. The second-order valence-corrected chi connectivity index (χ2v) is 5.42. The van der Waals surface area contributed by atoms with Gasteiger partial charge < -0.3 is 10.6 Å². The Labute approximate surface area is 104 Å². The summed E-state index contributed by atoms with van der Waals surface area (Å²) in [6, 6.07) is 7.77. The molecule has 1 saturated carbocycles. The van der Waals surface area contributed by atoms with E-state index in [4.69, 9.17) is 0 Å². The molecule has 2 N–H and O–H groups in total. The van der Waals surface area contributed by atoms with Crippen molar-refractivity contribution < 1.29 is 0 Å². The number of hydrogen-bond acceptors (Lipinski definition) is 2. The molecular formula is C15H22N2. The van der Waals surface area contributed by atoms with E-state index in [1.54, 1.807) is 0 Å². The summed E-state index contributed by atoms with van der Waals surface area (Å²) in [6.07, 6.45) is 3.89. The predicted octanol–water partition coefficient (Wildman–Crippen LogP) is 2.22. The Morgan fingerprint density at radius 2 is 2.29 bits per heavy atom. The molecule has 1 fully saturated rings. The van der Waals surface area contributed by atoms with Gasteiger partial charge in [0.1, 0.15) is 0 Å². The molecule has 1 aliphatic carbocycles. The molecule has 1 heterocycles. The Bertz CT molecular complexity index is 400. The number of rotatable bonds is 4. The van der Waals surface area contributed by atoms with Crippen LogP contribution >= 0.6 is 0 Å². The summed E-state index contributed by atoms with van der Waals surface area (Å²) < 4.78 is 0. The molecule has 2 unspecified atom stereocenters. The molecule has 0 amide bonds. The van der Waals surface area contributed by atoms with E-state index in [0.717, 1.165) is 31.6 Å². The Morgan fingerprint density at radius 1 is 1.35 bits per heavy atom. The van der Waals surface area contributed by atoms with Gasteiger partial charge in [-0.15, -0.1) is 0 Å². The van der Waals surface area contributed by atoms with Gasteiger partial charge in [0, 0.05) is 19.1 Å². The lowest BCUT2D eigenvalue weighted by molar-refractivity contribution is 0.617. The van der Waals surface area contributed by atoms with Crippen LogP contribution in [-0.4, -0.2) is 12.6 Å². The van der Waals surface area contributed by atoms with Crippen molar-refractivity contribution in [2.45, 2.75) is 45.3 Å². The molecule has 3 rings (SSSR count). The fraction of sp³-hybridized carbons (Fsp3) is 0.600. The lowest BCUT2D eigenvalue weighted by atomic mass is 9.98. The van der Waals surface area contributed by atoms with Crippen molar-refractivity contribution in [1.82, 2.24) is 10.6 Å². The molecule has 92 valence electrons. The summed E-state index contributed by atoms with van der Waals surface area (Å²) in [5.74, 6) is 0.939. The molecule has 0 spiro atoms. The van der Waals surface area contributed by atoms with Gasteiger partial charge in [0.15, 0.2) is 0 Å². The Hall–Kier alpha value is -0.860. The summed E-state index contributed by atoms with van der Waals surface area (Å²) in [5.41, 5.74) is 4.47. The zero-order chi connectivity index (χ0) is 11.7. The molecule has 2 atom stereocenters. The summed E-state index contributed by atoms with van der Waals surface area (Å²) >= 11 is 0. The van der Waals surface area contributed by atoms with Crippen LogP contribution in [0, 0.1) is 5.92 Å². The first-order valence-corrected chi connectivity index (χ1v) is 6.91. The van der Waals surface area contributed by atoms with Crippen molar-refractivity contribution in [1.29, 1.82) is 0 Å². The predicted molar refractivity (Wildman–Crippen MR) is 70.9 cm³/mol. The van der Waals surface area contributed by atoms with Gasteiger partial charge in [-0.05, 0) is 42.0 Å². The third-order valence-electron chi connectivity index (χ3n) is 4.17. The average Bonchev–Trinajstić information content (AvgIpc) is 3.15. The van der Waals surface area contributed by atoms with Crippen LogP contribution in [-0.2, 0) is 19.5 Å². The summed E-state index contributed by atoms with van der Waals surface area (Å²) in [4.78, 5) is 0. The van der Waals surface area contributed by atoms with Crippen molar-refractivity contribution >= 4 is 0 Å². The fourth-order valence-corrected chi connectivity index (χ4v) is 2.84. The van der Waals surface area contributed by atoms with Crippen LogP contribution < -0.4 is 10.6 Å². The maximum absolute atomic E-state index is 3.66. The Morgan fingerprint density at radius 3 is 3.12 bits per heavy atom. The van der Waals surface area contributed by atoms with Gasteiger partial charge in [0.25, 0.3) is 0 Å². The Balaban J connectivity index is 1.60. The second-order valence-electron chi connectivity index (χ2n) is 5.42. The SMILES string of the molecule is CCC1CC1NCc1ccc2c(c1)CNCC2. The van der Waals surface area contributed by atoms with E-state index in [9.17, 15) is 0 Å². The highest BCUT2D eigenvalue weighted by Crippen LogP contribution is 2.33. The molecule has 17 heavy (non-hydrogen) atoms. The fourth-order valence-electron chi connectivity index (χ4n) is 2.84. The zero-order valence-corrected chi connectivity index (χ0v) is 10.6. The van der Waals surface area contributed by atoms with Crippen LogP contribution in [0.4, 0.5) is 0 Å². The maximum Gasteiger partial charge on any atom is 0.0208 e. The lowest BCUT2D eigenvalue weighted by Crippen LogP contribution is -2.24. The van der Waals surface area contributed by atoms with Crippen molar-refractivity contribution in [2.75, 3.05) is 6.54 Å². The van der Waals surface area contributed by atoms with Crippen LogP contribution in [0.5, 0.6) is 0 Å². The van der Waals surface area contributed by atoms with Gasteiger partial charge in [-0.3, -0.25) is 0 Å². The van der Waals surface area contributed by atoms with Gasteiger partial charge in [-0.25, -0.2) is 0 Å². The minimum Gasteiger partial charge on any atom is -0.312 e. The van der Waals surface area contributed by atoms with Gasteiger partial charge in [-0.1, -0.05) is 31.5 Å². The molecule has 1 aromatic rings. The highest BCUT2D eigenvalue weighted by Gasteiger charge is 2.34. The van der Waals surface area contributed by atoms with Crippen molar-refractivity contribution in [3.63, 3.8) is 0 Å². The van der Waals surface area contributed by atoms with Crippen molar-refractivity contribution in [3.8, 4) is 0 Å². The van der Waals surface area contributed by atoms with Crippen molar-refractivity contribution in [3.05, 3.63) is 34.9 Å². The molecule has 0 bridgehead atoms. The molecule has 2 heteroatoms. The number of hydrogen-bond donors (Lipinski definition) is 2. The summed E-state index contributed by atoms with van der Waals surface area (Å²) in [7, 11) is 0. The highest BCUT2D eigenvalue weighted by molar-refractivity contribution is 5.33. The topological polar surface area (TPSA) is 24.1 Å². The molecule has 0 aromatic heterocycles. The van der Waals surface area contributed by atoms with Crippen LogP contribution in [0.3, 0.4) is 0 Å². The average molecular weight is 230 g/mol. The number of fused-ring (bicyclic) bond motifs is 1. The first-order valence-electron chi connectivity index (χ1n) is 6.91. The smallest absolute Gasteiger partial charge is 0.0208 e. The Kier molecular flexibility index (Phi) is 3.17. The second kappa shape index (κ2) is 4.79. The van der Waals surface area contributed by atoms with E-state index in [1.807, 2.05) is 0 Å². The molecule has 0 radical (unpaired) electrons. The molecule has 0 saturated heterocycles. The highest BCUT2D eigenvalue weighted by atomic mass is 15.0. The summed E-state index contributed by atoms with van der Waals surface area (Å²) in [5, 5.41) is 7.10. The van der Waals surface area contributed by atoms with E-state index in [1.165, 1.54) is 36.0 Å². The number of nitrogens with one attached hydrogen (secondary N) is 2. The monoisotopic (exact) mass is 230 g/mol. The maximum atomic E-state index is 3.66. The van der Waals surface area contributed by atoms with Gasteiger partial charge in [-0.2, -0.15) is 0 Å². The molecular weight excluding hydrogens is 208 g/mol. The molecule has 2 nitrogen and oxygen atoms in total. The van der Waals surface area contributed by atoms with Crippen LogP contribution in [0.25, 0.3) is 0 Å². The van der Waals surface area contributed by atoms with Crippen LogP contribution in [0.1, 0.15) is 36.5 Å². The van der Waals surface area contributed by atoms with Crippen LogP contribution in [0.15, 0.2) is 18.2 Å². The number of benzene rings is 1. The molecule has 2 aliphatic rings. The molecule has 1 aliphatic heterocycles. The van der Waals surface area contributed by atoms with Crippen LogP contribution in [0.2, 0.25) is 0 Å². The minimum absolute atomic E-state index is 0.786. The summed E-state index contributed by atoms with van der Waals surface area (Å²) in [6.45, 7) is 5.50. The van der Waals surface area contributed by atoms with E-state index >= 15 is 0 Å². The van der Waals surface area contributed by atoms with Gasteiger partial charge in [0.05, 0.1) is 0 Å². The largest absolute Gasteiger partial charge is 0.312 e. The van der Waals surface area contributed by atoms with Crippen molar-refractivity contribution in [2.24, 2.45) is 5.92 Å². The first-order chi connectivity index (χ1) is 8.36. The van der Waals surface area contributed by atoms with E-state index in [2.05, 4.69) is 35.8 Å². The van der Waals surface area contributed by atoms with Gasteiger partial charge >= 0.3 is 0 Å². The standard InChI is InChI=1S/C15H22N2/c1-2-12-8-15(12)17-9-11-3-4-13-5-6-16-10-14(13)7-11/h3-4,7,12,15-17H,2,5-6,8-10H2,1H3. The van der Waals surface area contributed by atoms with E-state index in [-0.39, 0.29) is 0 Å².